The summed E-state index contributed by atoms with van der Waals surface area (Å²) < 4.78 is 11.7. The van der Waals surface area contributed by atoms with Crippen molar-refractivity contribution in [3.8, 4) is 23.3 Å². The predicted octanol–water partition coefficient (Wildman–Crippen LogP) is 4.12. The van der Waals surface area contributed by atoms with Crippen molar-refractivity contribution in [3.05, 3.63) is 52.5 Å². The molecule has 0 aliphatic carbocycles. The second-order valence-corrected chi connectivity index (χ2v) is 4.39. The Morgan fingerprint density at radius 1 is 1.06 bits per heavy atom. The molecule has 0 saturated carbocycles. The average Bonchev–Trinajstić information content (AvgIpc) is 2.42. The Hall–Kier alpha value is -1.99. The molecule has 0 heterocycles. The number of rotatable bonds is 3. The van der Waals surface area contributed by atoms with E-state index in [1.807, 2.05) is 12.1 Å². The van der Waals surface area contributed by atoms with Gasteiger partial charge in [-0.1, -0.05) is 0 Å². The zero-order valence-corrected chi connectivity index (χ0v) is 11.3. The number of hydrogen-bond acceptors (Lipinski definition) is 3. The first-order valence-corrected chi connectivity index (χ1v) is 6.04. The van der Waals surface area contributed by atoms with Crippen LogP contribution < -0.4 is 9.47 Å². The van der Waals surface area contributed by atoms with Gasteiger partial charge in [0.2, 0.25) is 0 Å². The highest BCUT2D eigenvalue weighted by Crippen LogP contribution is 2.32. The zero-order chi connectivity index (χ0) is 13.0. The van der Waals surface area contributed by atoms with Crippen LogP contribution >= 0.6 is 15.9 Å². The highest BCUT2D eigenvalue weighted by atomic mass is 79.9. The Labute approximate surface area is 114 Å². The number of ether oxygens (including phenoxy) is 2. The summed E-state index contributed by atoms with van der Waals surface area (Å²) in [5.74, 6) is 2.06. The summed E-state index contributed by atoms with van der Waals surface area (Å²) in [4.78, 5) is 0. The van der Waals surface area contributed by atoms with Crippen molar-refractivity contribution in [1.29, 1.82) is 5.26 Å². The number of hydrogen-bond donors (Lipinski definition) is 0. The van der Waals surface area contributed by atoms with Gasteiger partial charge in [0, 0.05) is 6.07 Å². The summed E-state index contributed by atoms with van der Waals surface area (Å²) in [5.41, 5.74) is 0.604. The Morgan fingerprint density at radius 3 is 2.33 bits per heavy atom. The molecule has 0 atom stereocenters. The molecule has 2 aromatic rings. The van der Waals surface area contributed by atoms with E-state index in [-0.39, 0.29) is 0 Å². The lowest BCUT2D eigenvalue weighted by Crippen LogP contribution is -1.88. The van der Waals surface area contributed by atoms with E-state index in [9.17, 15) is 0 Å². The van der Waals surface area contributed by atoms with Crippen LogP contribution in [0.4, 0.5) is 0 Å². The fourth-order valence-electron chi connectivity index (χ4n) is 1.41. The van der Waals surface area contributed by atoms with Crippen molar-refractivity contribution >= 4 is 15.9 Å². The Kier molecular flexibility index (Phi) is 3.85. The minimum atomic E-state index is 0.604. The van der Waals surface area contributed by atoms with Gasteiger partial charge in [-0.05, 0) is 52.3 Å². The largest absolute Gasteiger partial charge is 0.497 e. The minimum absolute atomic E-state index is 0.604. The first-order chi connectivity index (χ1) is 8.72. The molecular weight excluding hydrogens is 294 g/mol. The summed E-state index contributed by atoms with van der Waals surface area (Å²) in [6, 6.07) is 14.5. The van der Waals surface area contributed by atoms with Gasteiger partial charge in [0.05, 0.1) is 23.2 Å². The van der Waals surface area contributed by atoms with Crippen molar-refractivity contribution < 1.29 is 9.47 Å². The topological polar surface area (TPSA) is 42.2 Å². The van der Waals surface area contributed by atoms with Gasteiger partial charge in [-0.3, -0.25) is 0 Å². The molecule has 0 amide bonds. The molecule has 0 saturated heterocycles. The lowest BCUT2D eigenvalue weighted by Gasteiger charge is -2.09. The van der Waals surface area contributed by atoms with E-state index in [2.05, 4.69) is 22.0 Å². The third-order valence-corrected chi connectivity index (χ3v) is 3.00. The van der Waals surface area contributed by atoms with Gasteiger partial charge >= 0.3 is 0 Å². The maximum absolute atomic E-state index is 8.72. The first kappa shape index (κ1) is 12.5. The SMILES string of the molecule is COc1ccc(Br)c(Oc2ccc(C#N)cc2)c1. The van der Waals surface area contributed by atoms with E-state index in [4.69, 9.17) is 14.7 Å². The zero-order valence-electron chi connectivity index (χ0n) is 9.68. The van der Waals surface area contributed by atoms with Crippen LogP contribution in [0.25, 0.3) is 0 Å². The summed E-state index contributed by atoms with van der Waals surface area (Å²) in [7, 11) is 1.61. The van der Waals surface area contributed by atoms with Gasteiger partial charge in [-0.25, -0.2) is 0 Å². The van der Waals surface area contributed by atoms with Crippen LogP contribution in [-0.2, 0) is 0 Å². The fourth-order valence-corrected chi connectivity index (χ4v) is 1.74. The second-order valence-electron chi connectivity index (χ2n) is 3.53. The number of halogens is 1. The van der Waals surface area contributed by atoms with E-state index in [1.54, 1.807) is 37.4 Å². The van der Waals surface area contributed by atoms with Gasteiger partial charge in [-0.15, -0.1) is 0 Å². The van der Waals surface area contributed by atoms with Gasteiger partial charge in [0.1, 0.15) is 17.2 Å². The molecule has 90 valence electrons. The molecule has 0 bridgehead atoms. The second kappa shape index (κ2) is 5.56. The van der Waals surface area contributed by atoms with E-state index in [0.29, 0.717) is 17.1 Å². The molecule has 0 aliphatic rings. The lowest BCUT2D eigenvalue weighted by molar-refractivity contribution is 0.408. The van der Waals surface area contributed by atoms with Gasteiger partial charge in [-0.2, -0.15) is 5.26 Å². The first-order valence-electron chi connectivity index (χ1n) is 5.24. The molecule has 18 heavy (non-hydrogen) atoms. The Morgan fingerprint density at radius 2 is 1.72 bits per heavy atom. The highest BCUT2D eigenvalue weighted by molar-refractivity contribution is 9.10. The van der Waals surface area contributed by atoms with Crippen molar-refractivity contribution in [1.82, 2.24) is 0 Å². The molecule has 3 nitrogen and oxygen atoms in total. The molecule has 0 aromatic heterocycles. The van der Waals surface area contributed by atoms with Crippen LogP contribution in [0, 0.1) is 11.3 Å². The molecule has 0 radical (unpaired) electrons. The van der Waals surface area contributed by atoms with Crippen molar-refractivity contribution in [3.63, 3.8) is 0 Å². The van der Waals surface area contributed by atoms with Crippen LogP contribution in [0.3, 0.4) is 0 Å². The van der Waals surface area contributed by atoms with E-state index >= 15 is 0 Å². The number of benzene rings is 2. The third kappa shape index (κ3) is 2.82. The van der Waals surface area contributed by atoms with Crippen molar-refractivity contribution in [2.75, 3.05) is 7.11 Å². The van der Waals surface area contributed by atoms with Crippen LogP contribution in [0.1, 0.15) is 5.56 Å². The quantitative estimate of drug-likeness (QED) is 0.856. The van der Waals surface area contributed by atoms with Crippen LogP contribution in [0.2, 0.25) is 0 Å². The van der Waals surface area contributed by atoms with Crippen LogP contribution in [-0.4, -0.2) is 7.11 Å². The fraction of sp³-hybridized carbons (Fsp3) is 0.0714. The number of nitriles is 1. The molecule has 4 heteroatoms. The molecule has 0 spiro atoms. The normalized spacial score (nSPS) is 9.61. The summed E-state index contributed by atoms with van der Waals surface area (Å²) in [6.07, 6.45) is 0. The summed E-state index contributed by atoms with van der Waals surface area (Å²) in [5, 5.41) is 8.72. The number of methoxy groups -OCH3 is 1. The van der Waals surface area contributed by atoms with E-state index in [0.717, 1.165) is 10.2 Å². The average molecular weight is 304 g/mol. The van der Waals surface area contributed by atoms with E-state index in [1.165, 1.54) is 0 Å². The van der Waals surface area contributed by atoms with Crippen LogP contribution in [0.15, 0.2) is 46.9 Å². The van der Waals surface area contributed by atoms with Crippen molar-refractivity contribution in [2.24, 2.45) is 0 Å². The molecule has 2 aromatic carbocycles. The predicted molar refractivity (Wildman–Crippen MR) is 71.9 cm³/mol. The highest BCUT2D eigenvalue weighted by Gasteiger charge is 2.05. The maximum Gasteiger partial charge on any atom is 0.145 e. The lowest BCUT2D eigenvalue weighted by atomic mass is 10.2. The van der Waals surface area contributed by atoms with Gasteiger partial charge < -0.3 is 9.47 Å². The molecular formula is C14H10BrNO2. The van der Waals surface area contributed by atoms with Crippen LogP contribution in [0.5, 0.6) is 17.2 Å². The van der Waals surface area contributed by atoms with Crippen molar-refractivity contribution in [2.45, 2.75) is 0 Å². The maximum atomic E-state index is 8.72. The minimum Gasteiger partial charge on any atom is -0.497 e. The number of nitrogens with zero attached hydrogens (tertiary/aromatic N) is 1. The molecule has 0 N–H and O–H groups in total. The molecule has 0 fully saturated rings. The molecule has 2 rings (SSSR count). The third-order valence-electron chi connectivity index (χ3n) is 2.35. The Bertz CT molecular complexity index is 588. The monoisotopic (exact) mass is 303 g/mol. The summed E-state index contributed by atoms with van der Waals surface area (Å²) >= 11 is 3.41. The smallest absolute Gasteiger partial charge is 0.145 e. The van der Waals surface area contributed by atoms with Gasteiger partial charge in [0.15, 0.2) is 0 Å². The summed E-state index contributed by atoms with van der Waals surface area (Å²) in [6.45, 7) is 0. The Balaban J connectivity index is 2.25. The molecule has 0 aliphatic heterocycles. The molecule has 0 unspecified atom stereocenters. The van der Waals surface area contributed by atoms with E-state index < -0.39 is 0 Å². The van der Waals surface area contributed by atoms with Gasteiger partial charge in [0.25, 0.3) is 0 Å². The standard InChI is InChI=1S/C14H10BrNO2/c1-17-12-6-7-13(15)14(8-12)18-11-4-2-10(9-16)3-5-11/h2-8H,1H3.